The highest BCUT2D eigenvalue weighted by Crippen LogP contribution is 2.37. The number of rotatable bonds is 15. The Bertz CT molecular complexity index is 1980. The summed E-state index contributed by atoms with van der Waals surface area (Å²) in [5.74, 6) is 2.28. The number of aliphatic imine (C=N–C) groups is 1. The van der Waals surface area contributed by atoms with E-state index in [0.29, 0.717) is 52.2 Å². The number of likely N-dealkylation sites (tertiary alicyclic amines) is 1. The van der Waals surface area contributed by atoms with E-state index < -0.39 is 6.10 Å². The quantitative estimate of drug-likeness (QED) is 0.130. The van der Waals surface area contributed by atoms with Crippen molar-refractivity contribution < 1.29 is 29.5 Å². The number of nitriles is 1. The predicted octanol–water partition coefficient (Wildman–Crippen LogP) is 5.69. The van der Waals surface area contributed by atoms with Gasteiger partial charge in [0.2, 0.25) is 0 Å². The zero-order valence-corrected chi connectivity index (χ0v) is 31.6. The van der Waals surface area contributed by atoms with E-state index in [2.05, 4.69) is 46.9 Å². The van der Waals surface area contributed by atoms with Crippen molar-refractivity contribution in [3.63, 3.8) is 0 Å². The number of amidine groups is 1. The molecule has 54 heavy (non-hydrogen) atoms. The van der Waals surface area contributed by atoms with Crippen molar-refractivity contribution in [2.75, 3.05) is 52.5 Å². The number of hydrogen-bond acceptors (Lipinski definition) is 11. The number of halogens is 1. The molecular weight excluding hydrogens is 706 g/mol. The first-order chi connectivity index (χ1) is 26.2. The molecule has 0 spiro atoms. The molecule has 6 rings (SSSR count). The number of aromatic nitrogens is 1. The van der Waals surface area contributed by atoms with Crippen LogP contribution in [0.4, 0.5) is 0 Å². The molecule has 1 aromatic heterocycles. The molecule has 12 heteroatoms. The molecule has 1 atom stereocenters. The predicted molar refractivity (Wildman–Crippen MR) is 208 cm³/mol. The molecule has 4 aromatic rings. The molecule has 3 heterocycles. The first-order valence-corrected chi connectivity index (χ1v) is 18.9. The van der Waals surface area contributed by atoms with E-state index in [9.17, 15) is 20.6 Å². The number of hydrogen-bond donors (Lipinski definition) is 3. The van der Waals surface area contributed by atoms with E-state index in [1.54, 1.807) is 24.4 Å². The smallest absolute Gasteiger partial charge is 0.142 e. The Labute approximate surface area is 322 Å². The summed E-state index contributed by atoms with van der Waals surface area (Å²) in [6.07, 6.45) is 4.91. The van der Waals surface area contributed by atoms with Gasteiger partial charge in [-0.1, -0.05) is 41.9 Å². The molecular formula is C42H48ClN5O6. The van der Waals surface area contributed by atoms with Gasteiger partial charge in [0.15, 0.2) is 0 Å². The number of β-amino-alcohol motifs (C(OH)–C–C–N with tert-alkyl or cyclic N) is 2. The van der Waals surface area contributed by atoms with Crippen LogP contribution in [0.15, 0.2) is 72.0 Å². The summed E-state index contributed by atoms with van der Waals surface area (Å²) in [7, 11) is 0. The fourth-order valence-electron chi connectivity index (χ4n) is 6.96. The summed E-state index contributed by atoms with van der Waals surface area (Å²) in [6, 6.07) is 19.6. The van der Waals surface area contributed by atoms with Gasteiger partial charge in [0.25, 0.3) is 0 Å². The number of piperidine rings is 1. The third-order valence-corrected chi connectivity index (χ3v) is 10.3. The van der Waals surface area contributed by atoms with E-state index in [-0.39, 0.29) is 39.0 Å². The van der Waals surface area contributed by atoms with Crippen LogP contribution in [0.25, 0.3) is 11.1 Å². The van der Waals surface area contributed by atoms with Crippen molar-refractivity contribution in [2.45, 2.75) is 58.5 Å². The van der Waals surface area contributed by atoms with Gasteiger partial charge in [-0.2, -0.15) is 5.26 Å². The van der Waals surface area contributed by atoms with E-state index in [1.165, 1.54) is 6.20 Å². The molecule has 284 valence electrons. The highest BCUT2D eigenvalue weighted by molar-refractivity contribution is 6.32. The SMILES string of the molecule is Cc1c(COc2cc(OCc3cncc(C#N)c3)c(C3=NCC(O)CN3CCO)cc2Cl)cccc1-c1cccc(OCCCN2CCC(O)CC2)c1C. The number of pyridine rings is 1. The fraction of sp³-hybridized carbons (Fsp3) is 0.405. The molecule has 2 aliphatic heterocycles. The number of aliphatic hydroxyl groups is 3. The maximum atomic E-state index is 10.3. The summed E-state index contributed by atoms with van der Waals surface area (Å²) >= 11 is 6.88. The zero-order chi connectivity index (χ0) is 38.0. The van der Waals surface area contributed by atoms with Gasteiger partial charge in [-0.25, -0.2) is 0 Å². The van der Waals surface area contributed by atoms with Gasteiger partial charge in [-0.15, -0.1) is 0 Å². The maximum Gasteiger partial charge on any atom is 0.142 e. The minimum atomic E-state index is -0.660. The van der Waals surface area contributed by atoms with Crippen molar-refractivity contribution >= 4 is 17.4 Å². The van der Waals surface area contributed by atoms with Crippen LogP contribution in [-0.4, -0.2) is 101 Å². The lowest BCUT2D eigenvalue weighted by atomic mass is 9.93. The topological polar surface area (TPSA) is 144 Å². The third kappa shape index (κ3) is 9.69. The highest BCUT2D eigenvalue weighted by atomic mass is 35.5. The van der Waals surface area contributed by atoms with Gasteiger partial charge < -0.3 is 39.3 Å². The first kappa shape index (κ1) is 39.0. The van der Waals surface area contributed by atoms with Gasteiger partial charge >= 0.3 is 0 Å². The second-order valence-electron chi connectivity index (χ2n) is 13.8. The summed E-state index contributed by atoms with van der Waals surface area (Å²) in [6.45, 7) is 8.67. The lowest BCUT2D eigenvalue weighted by molar-refractivity contribution is 0.0800. The highest BCUT2D eigenvalue weighted by Gasteiger charge is 2.26. The molecule has 3 aromatic carbocycles. The second-order valence-corrected chi connectivity index (χ2v) is 14.2. The summed E-state index contributed by atoms with van der Waals surface area (Å²) < 4.78 is 19.0. The summed E-state index contributed by atoms with van der Waals surface area (Å²) in [5.41, 5.74) is 7.06. The minimum absolute atomic E-state index is 0.120. The normalized spacial score (nSPS) is 16.5. The maximum absolute atomic E-state index is 10.3. The molecule has 0 bridgehead atoms. The van der Waals surface area contributed by atoms with Gasteiger partial charge in [0.05, 0.1) is 48.1 Å². The molecule has 0 aliphatic carbocycles. The molecule has 11 nitrogen and oxygen atoms in total. The molecule has 1 fully saturated rings. The van der Waals surface area contributed by atoms with Crippen LogP contribution >= 0.6 is 11.6 Å². The average Bonchev–Trinajstić information content (AvgIpc) is 3.17. The monoisotopic (exact) mass is 753 g/mol. The standard InChI is InChI=1S/C42H48ClN5O6/c1-28-32(6-3-7-35(28)36-8-4-9-39(29(36)2)52-17-5-12-47-13-10-33(50)11-14-47)27-54-41-20-40(53-26-31-18-30(21-44)22-45-23-31)37(19-38(41)43)42-46-24-34(51)25-48(42)15-16-49/h3-4,6-9,18-20,22-23,33-34,49-51H,5,10-17,24-27H2,1-2H3. The molecule has 3 N–H and O–H groups in total. The summed E-state index contributed by atoms with van der Waals surface area (Å²) in [5, 5.41) is 39.5. The number of aliphatic hydroxyl groups excluding tert-OH is 3. The second kappa shape index (κ2) is 18.6. The molecule has 0 saturated carbocycles. The van der Waals surface area contributed by atoms with Crippen molar-refractivity contribution in [1.29, 1.82) is 5.26 Å². The first-order valence-electron chi connectivity index (χ1n) is 18.5. The van der Waals surface area contributed by atoms with Gasteiger partial charge in [-0.3, -0.25) is 9.98 Å². The van der Waals surface area contributed by atoms with Crippen LogP contribution in [-0.2, 0) is 13.2 Å². The van der Waals surface area contributed by atoms with Gasteiger partial charge in [-0.05, 0) is 79.1 Å². The van der Waals surface area contributed by atoms with E-state index in [0.717, 1.165) is 72.5 Å². The molecule has 2 aliphatic rings. The lowest BCUT2D eigenvalue weighted by Crippen LogP contribution is -2.44. The van der Waals surface area contributed by atoms with Crippen LogP contribution in [0.5, 0.6) is 17.2 Å². The Morgan fingerprint density at radius 3 is 2.39 bits per heavy atom. The molecule has 0 amide bonds. The Balaban J connectivity index is 1.20. The van der Waals surface area contributed by atoms with E-state index in [1.807, 2.05) is 29.2 Å². The Morgan fingerprint density at radius 2 is 1.61 bits per heavy atom. The van der Waals surface area contributed by atoms with E-state index >= 15 is 0 Å². The van der Waals surface area contributed by atoms with Crippen LogP contribution in [0.3, 0.4) is 0 Å². The van der Waals surface area contributed by atoms with Crippen molar-refractivity contribution in [3.8, 4) is 34.4 Å². The number of ether oxygens (including phenoxy) is 3. The average molecular weight is 754 g/mol. The van der Waals surface area contributed by atoms with E-state index in [4.69, 9.17) is 25.8 Å². The number of benzene rings is 3. The van der Waals surface area contributed by atoms with Crippen LogP contribution in [0.2, 0.25) is 5.02 Å². The Kier molecular flexibility index (Phi) is 13.4. The summed E-state index contributed by atoms with van der Waals surface area (Å²) in [4.78, 5) is 13.0. The van der Waals surface area contributed by atoms with Crippen LogP contribution in [0, 0.1) is 25.2 Å². The van der Waals surface area contributed by atoms with Crippen molar-refractivity contribution in [2.24, 2.45) is 4.99 Å². The van der Waals surface area contributed by atoms with Gasteiger partial charge in [0.1, 0.15) is 42.4 Å². The molecule has 1 unspecified atom stereocenters. The zero-order valence-electron chi connectivity index (χ0n) is 30.9. The molecule has 0 radical (unpaired) electrons. The third-order valence-electron chi connectivity index (χ3n) is 9.98. The minimum Gasteiger partial charge on any atom is -0.493 e. The fourth-order valence-corrected chi connectivity index (χ4v) is 7.17. The van der Waals surface area contributed by atoms with Crippen LogP contribution < -0.4 is 14.2 Å². The molecule has 1 saturated heterocycles. The number of nitrogens with zero attached hydrogens (tertiary/aromatic N) is 5. The van der Waals surface area contributed by atoms with Gasteiger partial charge in [0, 0.05) is 56.7 Å². The lowest BCUT2D eigenvalue weighted by Gasteiger charge is -2.32. The van der Waals surface area contributed by atoms with Crippen molar-refractivity contribution in [3.05, 3.63) is 105 Å². The Hall–Kier alpha value is -4.70. The Morgan fingerprint density at radius 1 is 0.852 bits per heavy atom. The van der Waals surface area contributed by atoms with Crippen molar-refractivity contribution in [1.82, 2.24) is 14.8 Å². The largest absolute Gasteiger partial charge is 0.493 e. The van der Waals surface area contributed by atoms with Crippen LogP contribution in [0.1, 0.15) is 52.6 Å².